The van der Waals surface area contributed by atoms with Crippen LogP contribution in [0, 0.1) is 17.3 Å². The van der Waals surface area contributed by atoms with Crippen molar-refractivity contribution in [3.05, 3.63) is 65.5 Å². The number of nitrogens with zero attached hydrogens (tertiary/aromatic N) is 3. The molecule has 4 rings (SSSR count). The molecule has 1 aliphatic carbocycles. The molecule has 2 aromatic rings. The second-order valence-corrected chi connectivity index (χ2v) is 12.2. The lowest BCUT2D eigenvalue weighted by atomic mass is 9.69. The molecule has 1 atom stereocenters. The Morgan fingerprint density at radius 2 is 1.79 bits per heavy atom. The van der Waals surface area contributed by atoms with Gasteiger partial charge < -0.3 is 15.3 Å². The van der Waals surface area contributed by atoms with Crippen molar-refractivity contribution in [3.8, 4) is 0 Å². The maximum atomic E-state index is 14.2. The zero-order chi connectivity index (χ0) is 28.4. The summed E-state index contributed by atoms with van der Waals surface area (Å²) in [6, 6.07) is 10.8. The van der Waals surface area contributed by atoms with Crippen LogP contribution in [0.5, 0.6) is 0 Å². The number of hydrogen-bond acceptors (Lipinski definition) is 5. The van der Waals surface area contributed by atoms with E-state index in [0.29, 0.717) is 17.2 Å². The topological polar surface area (TPSA) is 112 Å². The first-order valence-corrected chi connectivity index (χ1v) is 13.9. The Bertz CT molecular complexity index is 1220. The normalized spacial score (nSPS) is 22.2. The Morgan fingerprint density at radius 1 is 1.13 bits per heavy atom. The average Bonchev–Trinajstić information content (AvgIpc) is 3.15. The van der Waals surface area contributed by atoms with Crippen LogP contribution in [0.2, 0.25) is 0 Å². The number of carbonyl (C=O) groups is 3. The first kappa shape index (κ1) is 28.5. The van der Waals surface area contributed by atoms with Crippen molar-refractivity contribution in [2.75, 3.05) is 6.54 Å². The van der Waals surface area contributed by atoms with E-state index in [0.717, 1.165) is 36.8 Å². The van der Waals surface area contributed by atoms with E-state index in [1.54, 1.807) is 24.5 Å². The SMILES string of the molecule is CC(C)[C@H](c1ccc(C(=O)NCCC(=O)O)cc1)N1C(=O)C(c2cccnc2)=NC12CCC(C(C)(C)C)CC2. The van der Waals surface area contributed by atoms with Gasteiger partial charge in [0.2, 0.25) is 0 Å². The van der Waals surface area contributed by atoms with E-state index in [1.807, 2.05) is 29.2 Å². The molecule has 39 heavy (non-hydrogen) atoms. The van der Waals surface area contributed by atoms with E-state index in [1.165, 1.54) is 0 Å². The summed E-state index contributed by atoms with van der Waals surface area (Å²) < 4.78 is 0. The number of carboxylic acid groups (broad SMARTS) is 1. The molecule has 1 aromatic heterocycles. The summed E-state index contributed by atoms with van der Waals surface area (Å²) in [5.74, 6) is -0.690. The number of carbonyl (C=O) groups excluding carboxylic acids is 2. The second kappa shape index (κ2) is 11.3. The number of benzene rings is 1. The van der Waals surface area contributed by atoms with Crippen LogP contribution < -0.4 is 5.32 Å². The number of pyridine rings is 1. The molecule has 8 heteroatoms. The van der Waals surface area contributed by atoms with Gasteiger partial charge in [-0.05, 0) is 72.8 Å². The van der Waals surface area contributed by atoms with Crippen molar-refractivity contribution in [1.82, 2.24) is 15.2 Å². The summed E-state index contributed by atoms with van der Waals surface area (Å²) >= 11 is 0. The molecule has 2 amide bonds. The monoisotopic (exact) mass is 532 g/mol. The molecular weight excluding hydrogens is 492 g/mol. The van der Waals surface area contributed by atoms with Crippen molar-refractivity contribution in [2.45, 2.75) is 78.4 Å². The van der Waals surface area contributed by atoms with Gasteiger partial charge in [-0.15, -0.1) is 0 Å². The number of carboxylic acids is 1. The maximum absolute atomic E-state index is 14.2. The van der Waals surface area contributed by atoms with E-state index < -0.39 is 11.6 Å². The van der Waals surface area contributed by atoms with Gasteiger partial charge in [-0.3, -0.25) is 24.4 Å². The highest BCUT2D eigenvalue weighted by atomic mass is 16.4. The van der Waals surface area contributed by atoms with Crippen LogP contribution in [0.15, 0.2) is 53.8 Å². The highest BCUT2D eigenvalue weighted by Gasteiger charge is 2.53. The number of nitrogens with one attached hydrogen (secondary N) is 1. The molecule has 1 aliphatic heterocycles. The van der Waals surface area contributed by atoms with Crippen molar-refractivity contribution in [1.29, 1.82) is 0 Å². The van der Waals surface area contributed by atoms with Gasteiger partial charge in [0.1, 0.15) is 11.4 Å². The van der Waals surface area contributed by atoms with Crippen LogP contribution in [0.3, 0.4) is 0 Å². The molecule has 1 fully saturated rings. The lowest BCUT2D eigenvalue weighted by Crippen LogP contribution is -2.52. The minimum Gasteiger partial charge on any atom is -0.481 e. The molecule has 1 saturated carbocycles. The van der Waals surface area contributed by atoms with Crippen LogP contribution >= 0.6 is 0 Å². The molecule has 0 bridgehead atoms. The smallest absolute Gasteiger partial charge is 0.305 e. The summed E-state index contributed by atoms with van der Waals surface area (Å²) in [5, 5.41) is 11.5. The average molecular weight is 533 g/mol. The molecule has 1 aromatic carbocycles. The Morgan fingerprint density at radius 3 is 2.33 bits per heavy atom. The van der Waals surface area contributed by atoms with Crippen LogP contribution in [0.1, 0.15) is 94.2 Å². The molecule has 2 N–H and O–H groups in total. The zero-order valence-electron chi connectivity index (χ0n) is 23.6. The second-order valence-electron chi connectivity index (χ2n) is 12.2. The summed E-state index contributed by atoms with van der Waals surface area (Å²) in [6.07, 6.45) is 6.87. The van der Waals surface area contributed by atoms with E-state index in [9.17, 15) is 14.4 Å². The minimum absolute atomic E-state index is 0.0688. The molecule has 2 heterocycles. The van der Waals surface area contributed by atoms with Crippen LogP contribution in [0.4, 0.5) is 0 Å². The van der Waals surface area contributed by atoms with Gasteiger partial charge in [0.05, 0.1) is 12.5 Å². The summed E-state index contributed by atoms with van der Waals surface area (Å²) in [5.41, 5.74) is 2.18. The van der Waals surface area contributed by atoms with Crippen molar-refractivity contribution in [3.63, 3.8) is 0 Å². The van der Waals surface area contributed by atoms with E-state index in [-0.39, 0.29) is 42.2 Å². The fourth-order valence-corrected chi connectivity index (χ4v) is 6.04. The molecule has 0 unspecified atom stereocenters. The van der Waals surface area contributed by atoms with Gasteiger partial charge in [-0.1, -0.05) is 46.8 Å². The molecule has 0 radical (unpaired) electrons. The standard InChI is InChI=1S/C31H40N4O4/c1-20(2)27(21-8-10-22(11-9-21)28(38)33-18-14-25(36)37)35-29(39)26(23-7-6-17-32-19-23)34-31(35)15-12-24(13-16-31)30(3,4)5/h6-11,17,19-20,24,27H,12-16,18H2,1-5H3,(H,33,38)(H,36,37)/t24?,27-,31?/m1/s1. The van der Waals surface area contributed by atoms with Gasteiger partial charge in [0.15, 0.2) is 0 Å². The number of aromatic nitrogens is 1. The lowest BCUT2D eigenvalue weighted by Gasteiger charge is -2.48. The van der Waals surface area contributed by atoms with Gasteiger partial charge in [0.25, 0.3) is 11.8 Å². The third-order valence-electron chi connectivity index (χ3n) is 8.18. The molecule has 1 spiro atoms. The van der Waals surface area contributed by atoms with Crippen molar-refractivity contribution >= 4 is 23.5 Å². The predicted octanol–water partition coefficient (Wildman–Crippen LogP) is 5.25. The highest BCUT2D eigenvalue weighted by Crippen LogP contribution is 2.50. The predicted molar refractivity (Wildman–Crippen MR) is 150 cm³/mol. The number of amides is 2. The van der Waals surface area contributed by atoms with Gasteiger partial charge in [-0.25, -0.2) is 0 Å². The Kier molecular flexibility index (Phi) is 8.23. The zero-order valence-corrected chi connectivity index (χ0v) is 23.6. The molecule has 8 nitrogen and oxygen atoms in total. The van der Waals surface area contributed by atoms with Gasteiger partial charge in [0, 0.05) is 30.1 Å². The fraction of sp³-hybridized carbons (Fsp3) is 0.516. The van der Waals surface area contributed by atoms with Crippen LogP contribution in [-0.2, 0) is 9.59 Å². The number of aliphatic imine (C=N–C) groups is 1. The lowest BCUT2D eigenvalue weighted by molar-refractivity contribution is -0.137. The van der Waals surface area contributed by atoms with E-state index >= 15 is 0 Å². The van der Waals surface area contributed by atoms with Crippen LogP contribution in [-0.4, -0.2) is 50.7 Å². The maximum Gasteiger partial charge on any atom is 0.305 e. The molecular formula is C31H40N4O4. The van der Waals surface area contributed by atoms with E-state index in [4.69, 9.17) is 10.1 Å². The van der Waals surface area contributed by atoms with Gasteiger partial charge >= 0.3 is 5.97 Å². The quantitative estimate of drug-likeness (QED) is 0.482. The highest BCUT2D eigenvalue weighted by molar-refractivity contribution is 6.46. The van der Waals surface area contributed by atoms with E-state index in [2.05, 4.69) is 44.9 Å². The molecule has 208 valence electrons. The van der Waals surface area contributed by atoms with Crippen molar-refractivity contribution < 1.29 is 19.5 Å². The van der Waals surface area contributed by atoms with Gasteiger partial charge in [-0.2, -0.15) is 0 Å². The number of aliphatic carboxylic acids is 1. The minimum atomic E-state index is -0.959. The Labute approximate surface area is 230 Å². The largest absolute Gasteiger partial charge is 0.481 e. The Balaban J connectivity index is 1.67. The third kappa shape index (κ3) is 6.05. The van der Waals surface area contributed by atoms with Crippen molar-refractivity contribution in [2.24, 2.45) is 22.2 Å². The van der Waals surface area contributed by atoms with Crippen LogP contribution in [0.25, 0.3) is 0 Å². The molecule has 2 aliphatic rings. The summed E-state index contributed by atoms with van der Waals surface area (Å²) in [4.78, 5) is 48.9. The summed E-state index contributed by atoms with van der Waals surface area (Å²) in [6.45, 7) is 11.1. The molecule has 0 saturated heterocycles. The summed E-state index contributed by atoms with van der Waals surface area (Å²) in [7, 11) is 0. The Hall–Kier alpha value is -3.55. The third-order valence-corrected chi connectivity index (χ3v) is 8.18. The first-order chi connectivity index (χ1) is 18.4. The fourth-order valence-electron chi connectivity index (χ4n) is 6.04. The number of rotatable bonds is 8. The first-order valence-electron chi connectivity index (χ1n) is 13.9. The number of hydrogen-bond donors (Lipinski definition) is 2.